The highest BCUT2D eigenvalue weighted by Gasteiger charge is 2.35. The van der Waals surface area contributed by atoms with Gasteiger partial charge in [-0.2, -0.15) is 0 Å². The van der Waals surface area contributed by atoms with E-state index < -0.39 is 15.9 Å². The molecule has 1 aliphatic rings. The van der Waals surface area contributed by atoms with Crippen molar-refractivity contribution in [1.29, 1.82) is 0 Å². The molecule has 0 spiro atoms. The molecule has 0 aliphatic carbocycles. The summed E-state index contributed by atoms with van der Waals surface area (Å²) in [5.74, 6) is 0.117. The maximum atomic E-state index is 12.3. The van der Waals surface area contributed by atoms with Gasteiger partial charge in [0.15, 0.2) is 9.84 Å². The van der Waals surface area contributed by atoms with Crippen molar-refractivity contribution in [2.75, 3.05) is 24.7 Å². The fourth-order valence-electron chi connectivity index (χ4n) is 2.42. The van der Waals surface area contributed by atoms with Crippen molar-refractivity contribution in [3.05, 3.63) is 0 Å². The van der Waals surface area contributed by atoms with Crippen molar-refractivity contribution in [2.45, 2.75) is 38.8 Å². The Morgan fingerprint density at radius 2 is 2.11 bits per heavy atom. The molecule has 1 heterocycles. The van der Waals surface area contributed by atoms with Crippen molar-refractivity contribution in [3.8, 4) is 0 Å². The van der Waals surface area contributed by atoms with Crippen LogP contribution in [0.5, 0.6) is 0 Å². The SMILES string of the molecule is CC(C)CC(N)C(=O)N(CCO)C1CCS(=O)(=O)C1. The molecule has 0 aromatic carbocycles. The highest BCUT2D eigenvalue weighted by molar-refractivity contribution is 7.91. The molecule has 3 N–H and O–H groups in total. The number of carbonyl (C=O) groups excluding carboxylic acids is 1. The van der Waals surface area contributed by atoms with E-state index in [0.717, 1.165) is 0 Å². The van der Waals surface area contributed by atoms with Crippen LogP contribution in [0.2, 0.25) is 0 Å². The van der Waals surface area contributed by atoms with Gasteiger partial charge in [-0.15, -0.1) is 0 Å². The van der Waals surface area contributed by atoms with Gasteiger partial charge in [0.1, 0.15) is 0 Å². The van der Waals surface area contributed by atoms with Gasteiger partial charge >= 0.3 is 0 Å². The fourth-order valence-corrected chi connectivity index (χ4v) is 4.15. The summed E-state index contributed by atoms with van der Waals surface area (Å²) in [5, 5.41) is 9.06. The number of rotatable bonds is 6. The van der Waals surface area contributed by atoms with Gasteiger partial charge in [-0.1, -0.05) is 13.8 Å². The molecular weight excluding hydrogens is 268 g/mol. The Labute approximate surface area is 114 Å². The zero-order valence-corrected chi connectivity index (χ0v) is 12.4. The lowest BCUT2D eigenvalue weighted by atomic mass is 10.0. The third kappa shape index (κ3) is 4.74. The number of nitrogens with two attached hydrogens (primary N) is 1. The summed E-state index contributed by atoms with van der Waals surface area (Å²) in [6, 6.07) is -0.974. The molecule has 1 saturated heterocycles. The number of amides is 1. The van der Waals surface area contributed by atoms with E-state index in [1.165, 1.54) is 4.90 Å². The molecule has 2 atom stereocenters. The maximum absolute atomic E-state index is 12.3. The minimum atomic E-state index is -3.06. The number of sulfone groups is 1. The summed E-state index contributed by atoms with van der Waals surface area (Å²) in [5.41, 5.74) is 5.86. The topological polar surface area (TPSA) is 101 Å². The van der Waals surface area contributed by atoms with Crippen LogP contribution in [-0.4, -0.2) is 61.1 Å². The first-order valence-electron chi connectivity index (χ1n) is 6.64. The van der Waals surface area contributed by atoms with Crippen molar-refractivity contribution < 1.29 is 18.3 Å². The molecule has 0 radical (unpaired) electrons. The minimum Gasteiger partial charge on any atom is -0.395 e. The Balaban J connectivity index is 2.74. The monoisotopic (exact) mass is 292 g/mol. The summed E-state index contributed by atoms with van der Waals surface area (Å²) in [6.45, 7) is 3.91. The molecule has 0 bridgehead atoms. The van der Waals surface area contributed by atoms with E-state index in [9.17, 15) is 13.2 Å². The van der Waals surface area contributed by atoms with Gasteiger partial charge in [-0.25, -0.2) is 8.42 Å². The summed E-state index contributed by atoms with van der Waals surface area (Å²) in [4.78, 5) is 13.7. The number of nitrogens with zero attached hydrogens (tertiary/aromatic N) is 1. The summed E-state index contributed by atoms with van der Waals surface area (Å²) in [6.07, 6.45) is 0.989. The molecule has 7 heteroatoms. The zero-order chi connectivity index (χ0) is 14.6. The van der Waals surface area contributed by atoms with E-state index in [2.05, 4.69) is 0 Å². The lowest BCUT2D eigenvalue weighted by Gasteiger charge is -2.30. The fraction of sp³-hybridized carbons (Fsp3) is 0.917. The Bertz CT molecular complexity index is 408. The van der Waals surface area contributed by atoms with Gasteiger partial charge in [0.05, 0.1) is 24.2 Å². The van der Waals surface area contributed by atoms with Crippen LogP contribution < -0.4 is 5.73 Å². The highest BCUT2D eigenvalue weighted by Crippen LogP contribution is 2.19. The first kappa shape index (κ1) is 16.4. The minimum absolute atomic E-state index is 0.0207. The second kappa shape index (κ2) is 6.67. The summed E-state index contributed by atoms with van der Waals surface area (Å²) in [7, 11) is -3.06. The second-order valence-corrected chi connectivity index (χ2v) is 7.78. The van der Waals surface area contributed by atoms with Gasteiger partial charge < -0.3 is 15.7 Å². The number of carbonyl (C=O) groups is 1. The largest absolute Gasteiger partial charge is 0.395 e. The van der Waals surface area contributed by atoms with Crippen LogP contribution in [-0.2, 0) is 14.6 Å². The summed E-state index contributed by atoms with van der Waals surface area (Å²) < 4.78 is 23.0. The molecule has 0 aromatic rings. The van der Waals surface area contributed by atoms with E-state index in [1.54, 1.807) is 0 Å². The van der Waals surface area contributed by atoms with E-state index in [-0.39, 0.29) is 36.6 Å². The average molecular weight is 292 g/mol. The van der Waals surface area contributed by atoms with Gasteiger partial charge in [-0.3, -0.25) is 4.79 Å². The van der Waals surface area contributed by atoms with E-state index in [1.807, 2.05) is 13.8 Å². The van der Waals surface area contributed by atoms with Crippen molar-refractivity contribution in [3.63, 3.8) is 0 Å². The van der Waals surface area contributed by atoms with Crippen LogP contribution in [0.3, 0.4) is 0 Å². The molecule has 112 valence electrons. The molecule has 1 aliphatic heterocycles. The normalized spacial score (nSPS) is 23.5. The molecule has 0 saturated carbocycles. The van der Waals surface area contributed by atoms with Crippen LogP contribution in [0.1, 0.15) is 26.7 Å². The molecule has 1 rings (SSSR count). The molecule has 0 aromatic heterocycles. The predicted molar refractivity (Wildman–Crippen MR) is 73.3 cm³/mol. The first-order valence-corrected chi connectivity index (χ1v) is 8.46. The third-order valence-corrected chi connectivity index (χ3v) is 5.07. The Morgan fingerprint density at radius 1 is 1.47 bits per heavy atom. The number of aliphatic hydroxyl groups is 1. The first-order chi connectivity index (χ1) is 8.76. The van der Waals surface area contributed by atoms with Gasteiger partial charge in [0, 0.05) is 12.6 Å². The third-order valence-electron chi connectivity index (χ3n) is 3.32. The average Bonchev–Trinajstić information content (AvgIpc) is 2.64. The van der Waals surface area contributed by atoms with Gasteiger partial charge in [0.25, 0.3) is 0 Å². The standard InChI is InChI=1S/C12H24N2O4S/c1-9(2)7-11(13)12(16)14(4-5-15)10-3-6-19(17,18)8-10/h9-11,15H,3-8,13H2,1-2H3. The van der Waals surface area contributed by atoms with Crippen LogP contribution in [0, 0.1) is 5.92 Å². The molecule has 2 unspecified atom stereocenters. The van der Waals surface area contributed by atoms with E-state index in [4.69, 9.17) is 10.8 Å². The summed E-state index contributed by atoms with van der Waals surface area (Å²) >= 11 is 0. The van der Waals surface area contributed by atoms with Crippen LogP contribution in [0.25, 0.3) is 0 Å². The second-order valence-electron chi connectivity index (χ2n) is 5.55. The number of aliphatic hydroxyl groups excluding tert-OH is 1. The predicted octanol–water partition coefficient (Wildman–Crippen LogP) is -0.632. The van der Waals surface area contributed by atoms with Crippen molar-refractivity contribution in [1.82, 2.24) is 4.90 Å². The Kier molecular flexibility index (Phi) is 5.76. The molecule has 1 amide bonds. The Hall–Kier alpha value is -0.660. The number of hydrogen-bond donors (Lipinski definition) is 2. The van der Waals surface area contributed by atoms with Gasteiger partial charge in [0.2, 0.25) is 5.91 Å². The van der Waals surface area contributed by atoms with E-state index in [0.29, 0.717) is 18.8 Å². The van der Waals surface area contributed by atoms with Crippen LogP contribution in [0.15, 0.2) is 0 Å². The molecule has 19 heavy (non-hydrogen) atoms. The van der Waals surface area contributed by atoms with Gasteiger partial charge in [-0.05, 0) is 18.8 Å². The lowest BCUT2D eigenvalue weighted by Crippen LogP contribution is -2.50. The smallest absolute Gasteiger partial charge is 0.239 e. The van der Waals surface area contributed by atoms with E-state index >= 15 is 0 Å². The lowest BCUT2D eigenvalue weighted by molar-refractivity contribution is -0.135. The Morgan fingerprint density at radius 3 is 2.53 bits per heavy atom. The molecule has 6 nitrogen and oxygen atoms in total. The number of hydrogen-bond acceptors (Lipinski definition) is 5. The van der Waals surface area contributed by atoms with Crippen LogP contribution >= 0.6 is 0 Å². The van der Waals surface area contributed by atoms with Crippen molar-refractivity contribution in [2.24, 2.45) is 11.7 Å². The van der Waals surface area contributed by atoms with Crippen LogP contribution in [0.4, 0.5) is 0 Å². The maximum Gasteiger partial charge on any atom is 0.239 e. The highest BCUT2D eigenvalue weighted by atomic mass is 32.2. The zero-order valence-electron chi connectivity index (χ0n) is 11.6. The van der Waals surface area contributed by atoms with Crippen molar-refractivity contribution >= 4 is 15.7 Å². The quantitative estimate of drug-likeness (QED) is 0.678. The molecule has 1 fully saturated rings. The molecular formula is C12H24N2O4S.